The monoisotopic (exact) mass is 182 g/mol. The normalized spacial score (nSPS) is 11.7. The molecule has 4 nitrogen and oxygen atoms in total. The van der Waals surface area contributed by atoms with Gasteiger partial charge in [0.05, 0.1) is 11.1 Å². The molecule has 4 heteroatoms. The number of aromatic nitrogens is 2. The average Bonchev–Trinajstić information content (AvgIpc) is 2.30. The molecule has 0 amide bonds. The Kier molecular flexibility index (Phi) is 2.15. The molecule has 0 fully saturated rings. The molecule has 0 saturated heterocycles. The summed E-state index contributed by atoms with van der Waals surface area (Å²) in [5.74, 6) is -0.830. The zero-order valence-electron chi connectivity index (χ0n) is 8.33. The van der Waals surface area contributed by atoms with Crippen molar-refractivity contribution < 1.29 is 9.90 Å². The van der Waals surface area contributed by atoms with Crippen molar-refractivity contribution in [1.29, 1.82) is 0 Å². The summed E-state index contributed by atoms with van der Waals surface area (Å²) in [5.41, 5.74) is 0.677. The van der Waals surface area contributed by atoms with Crippen LogP contribution in [0.2, 0.25) is 0 Å². The van der Waals surface area contributed by atoms with E-state index in [0.717, 1.165) is 11.3 Å². The maximum atomic E-state index is 10.9. The maximum Gasteiger partial charge on any atom is 0.313 e. The van der Waals surface area contributed by atoms with Crippen LogP contribution < -0.4 is 0 Å². The first-order valence-corrected chi connectivity index (χ1v) is 4.10. The summed E-state index contributed by atoms with van der Waals surface area (Å²) in [6.45, 7) is 5.18. The molecule has 0 unspecified atom stereocenters. The number of nitrogens with zero attached hydrogens (tertiary/aromatic N) is 2. The van der Waals surface area contributed by atoms with Gasteiger partial charge in [0.15, 0.2) is 0 Å². The van der Waals surface area contributed by atoms with Crippen molar-refractivity contribution in [2.24, 2.45) is 7.05 Å². The second-order valence-corrected chi connectivity index (χ2v) is 3.73. The summed E-state index contributed by atoms with van der Waals surface area (Å²) in [7, 11) is 1.79. The van der Waals surface area contributed by atoms with Crippen molar-refractivity contribution in [3.63, 3.8) is 0 Å². The van der Waals surface area contributed by atoms with Crippen LogP contribution in [0.4, 0.5) is 0 Å². The Labute approximate surface area is 77.2 Å². The largest absolute Gasteiger partial charge is 0.481 e. The molecule has 1 N–H and O–H groups in total. The third-order valence-electron chi connectivity index (χ3n) is 2.22. The predicted octanol–water partition coefficient (Wildman–Crippen LogP) is 1.09. The fourth-order valence-electron chi connectivity index (χ4n) is 1.33. The van der Waals surface area contributed by atoms with Crippen LogP contribution in [0.1, 0.15) is 25.1 Å². The Hall–Kier alpha value is -1.32. The zero-order valence-corrected chi connectivity index (χ0v) is 8.33. The average molecular weight is 182 g/mol. The van der Waals surface area contributed by atoms with Crippen LogP contribution in [0.5, 0.6) is 0 Å². The van der Waals surface area contributed by atoms with E-state index in [4.69, 9.17) is 5.11 Å². The van der Waals surface area contributed by atoms with Gasteiger partial charge in [-0.2, -0.15) is 5.10 Å². The molecular formula is C9H14N2O2. The van der Waals surface area contributed by atoms with Gasteiger partial charge in [0.25, 0.3) is 0 Å². The molecule has 13 heavy (non-hydrogen) atoms. The van der Waals surface area contributed by atoms with Crippen molar-refractivity contribution in [2.45, 2.75) is 26.2 Å². The Bertz CT molecular complexity index is 339. The molecule has 0 aromatic carbocycles. The van der Waals surface area contributed by atoms with E-state index in [0.29, 0.717) is 0 Å². The van der Waals surface area contributed by atoms with Gasteiger partial charge >= 0.3 is 5.97 Å². The molecule has 0 spiro atoms. The third-order valence-corrected chi connectivity index (χ3v) is 2.22. The standard InChI is InChI=1S/C9H14N2O2/c1-6-7(5-11(4)10-6)9(2,3)8(12)13/h5H,1-4H3,(H,12,13). The van der Waals surface area contributed by atoms with E-state index in [1.807, 2.05) is 6.92 Å². The molecule has 1 aromatic heterocycles. The minimum absolute atomic E-state index is 0.766. The minimum Gasteiger partial charge on any atom is -0.481 e. The fourth-order valence-corrected chi connectivity index (χ4v) is 1.33. The van der Waals surface area contributed by atoms with Gasteiger partial charge in [-0.15, -0.1) is 0 Å². The molecule has 0 bridgehead atoms. The van der Waals surface area contributed by atoms with E-state index < -0.39 is 11.4 Å². The van der Waals surface area contributed by atoms with Gasteiger partial charge in [0, 0.05) is 18.8 Å². The highest BCUT2D eigenvalue weighted by molar-refractivity contribution is 5.80. The van der Waals surface area contributed by atoms with E-state index in [1.165, 1.54) is 0 Å². The van der Waals surface area contributed by atoms with Crippen LogP contribution in [0.15, 0.2) is 6.20 Å². The number of aryl methyl sites for hydroxylation is 2. The summed E-state index contributed by atoms with van der Waals surface area (Å²) < 4.78 is 1.63. The van der Waals surface area contributed by atoms with Crippen LogP contribution in [-0.4, -0.2) is 20.9 Å². The van der Waals surface area contributed by atoms with Crippen LogP contribution in [0.3, 0.4) is 0 Å². The molecule has 0 aliphatic carbocycles. The van der Waals surface area contributed by atoms with Crippen LogP contribution in [-0.2, 0) is 17.3 Å². The van der Waals surface area contributed by atoms with E-state index in [1.54, 1.807) is 31.8 Å². The van der Waals surface area contributed by atoms with Gasteiger partial charge in [-0.1, -0.05) is 0 Å². The second kappa shape index (κ2) is 2.87. The van der Waals surface area contributed by atoms with Crippen LogP contribution >= 0.6 is 0 Å². The number of aliphatic carboxylic acids is 1. The fraction of sp³-hybridized carbons (Fsp3) is 0.556. The molecule has 1 heterocycles. The Balaban J connectivity index is 3.21. The first-order chi connectivity index (χ1) is 5.85. The topological polar surface area (TPSA) is 55.1 Å². The number of carbonyl (C=O) groups is 1. The highest BCUT2D eigenvalue weighted by Crippen LogP contribution is 2.25. The molecule has 1 rings (SSSR count). The minimum atomic E-state index is -0.863. The van der Waals surface area contributed by atoms with Crippen LogP contribution in [0, 0.1) is 6.92 Å². The van der Waals surface area contributed by atoms with Crippen molar-refractivity contribution in [3.05, 3.63) is 17.5 Å². The maximum absolute atomic E-state index is 10.9. The lowest BCUT2D eigenvalue weighted by Crippen LogP contribution is -2.28. The highest BCUT2D eigenvalue weighted by atomic mass is 16.4. The lowest BCUT2D eigenvalue weighted by Gasteiger charge is -2.17. The molecule has 0 atom stereocenters. The Morgan fingerprint density at radius 3 is 2.46 bits per heavy atom. The highest BCUT2D eigenvalue weighted by Gasteiger charge is 2.32. The first kappa shape index (κ1) is 9.77. The van der Waals surface area contributed by atoms with Gasteiger partial charge in [0.2, 0.25) is 0 Å². The van der Waals surface area contributed by atoms with Gasteiger partial charge < -0.3 is 5.11 Å². The van der Waals surface area contributed by atoms with Gasteiger partial charge in [-0.3, -0.25) is 9.48 Å². The number of hydrogen-bond donors (Lipinski definition) is 1. The number of rotatable bonds is 2. The van der Waals surface area contributed by atoms with E-state index in [-0.39, 0.29) is 0 Å². The first-order valence-electron chi connectivity index (χ1n) is 4.10. The molecular weight excluding hydrogens is 168 g/mol. The van der Waals surface area contributed by atoms with Gasteiger partial charge in [-0.05, 0) is 20.8 Å². The van der Waals surface area contributed by atoms with Crippen molar-refractivity contribution in [1.82, 2.24) is 9.78 Å². The Morgan fingerprint density at radius 1 is 1.62 bits per heavy atom. The lowest BCUT2D eigenvalue weighted by molar-refractivity contribution is -0.142. The quantitative estimate of drug-likeness (QED) is 0.744. The predicted molar refractivity (Wildman–Crippen MR) is 48.6 cm³/mol. The van der Waals surface area contributed by atoms with Crippen molar-refractivity contribution in [3.8, 4) is 0 Å². The molecule has 0 aliphatic rings. The molecule has 0 aliphatic heterocycles. The Morgan fingerprint density at radius 2 is 2.15 bits per heavy atom. The summed E-state index contributed by atoms with van der Waals surface area (Å²) in [5, 5.41) is 13.1. The molecule has 72 valence electrons. The van der Waals surface area contributed by atoms with Gasteiger partial charge in [0.1, 0.15) is 0 Å². The molecule has 0 radical (unpaired) electrons. The summed E-state index contributed by atoms with van der Waals surface area (Å²) in [6.07, 6.45) is 1.75. The smallest absolute Gasteiger partial charge is 0.313 e. The third kappa shape index (κ3) is 1.56. The lowest BCUT2D eigenvalue weighted by atomic mass is 9.85. The SMILES string of the molecule is Cc1nn(C)cc1C(C)(C)C(=O)O. The van der Waals surface area contributed by atoms with Gasteiger partial charge in [-0.25, -0.2) is 0 Å². The van der Waals surface area contributed by atoms with Crippen LogP contribution in [0.25, 0.3) is 0 Å². The summed E-state index contributed by atoms with van der Waals surface area (Å²) >= 11 is 0. The van der Waals surface area contributed by atoms with Crippen molar-refractivity contribution in [2.75, 3.05) is 0 Å². The number of carboxylic acid groups (broad SMARTS) is 1. The summed E-state index contributed by atoms with van der Waals surface area (Å²) in [6, 6.07) is 0. The second-order valence-electron chi connectivity index (χ2n) is 3.73. The molecule has 0 saturated carbocycles. The molecule has 1 aromatic rings. The zero-order chi connectivity index (χ0) is 10.2. The van der Waals surface area contributed by atoms with E-state index in [9.17, 15) is 4.79 Å². The van der Waals surface area contributed by atoms with E-state index >= 15 is 0 Å². The summed E-state index contributed by atoms with van der Waals surface area (Å²) in [4.78, 5) is 10.9. The van der Waals surface area contributed by atoms with E-state index in [2.05, 4.69) is 5.10 Å². The number of hydrogen-bond acceptors (Lipinski definition) is 2. The van der Waals surface area contributed by atoms with Crippen molar-refractivity contribution >= 4 is 5.97 Å². The number of carboxylic acids is 1.